The molecule has 1 saturated heterocycles. The van der Waals surface area contributed by atoms with Crippen LogP contribution in [0, 0.1) is 0 Å². The fourth-order valence-corrected chi connectivity index (χ4v) is 3.85. The van der Waals surface area contributed by atoms with Crippen molar-refractivity contribution in [1.29, 1.82) is 0 Å². The van der Waals surface area contributed by atoms with Gasteiger partial charge in [0, 0.05) is 36.6 Å². The number of nitrogen functional groups attached to an aromatic ring is 1. The summed E-state index contributed by atoms with van der Waals surface area (Å²) in [5, 5.41) is 0.698. The summed E-state index contributed by atoms with van der Waals surface area (Å²) in [5.74, 6) is 2.26. The van der Waals surface area contributed by atoms with Crippen molar-refractivity contribution in [2.24, 2.45) is 0 Å². The van der Waals surface area contributed by atoms with Crippen LogP contribution in [0.2, 0.25) is 0 Å². The van der Waals surface area contributed by atoms with E-state index >= 15 is 0 Å². The fraction of sp³-hybridized carbons (Fsp3) is 0.381. The van der Waals surface area contributed by atoms with Crippen LogP contribution in [0.4, 0.5) is 11.8 Å². The highest BCUT2D eigenvalue weighted by molar-refractivity contribution is 5.93. The summed E-state index contributed by atoms with van der Waals surface area (Å²) in [6.07, 6.45) is 1.51. The minimum Gasteiger partial charge on any atom is -0.493 e. The van der Waals surface area contributed by atoms with E-state index in [2.05, 4.69) is 9.88 Å². The topological polar surface area (TPSA) is 107 Å². The number of ether oxygens (including phenoxy) is 2. The number of carbonyl (C=O) groups is 1. The number of piperazine rings is 1. The molecule has 0 radical (unpaired) electrons. The molecule has 158 valence electrons. The molecule has 1 amide bonds. The van der Waals surface area contributed by atoms with Crippen molar-refractivity contribution in [1.82, 2.24) is 14.9 Å². The van der Waals surface area contributed by atoms with Crippen molar-refractivity contribution in [2.75, 3.05) is 37.9 Å². The van der Waals surface area contributed by atoms with Gasteiger partial charge in [-0.3, -0.25) is 4.79 Å². The van der Waals surface area contributed by atoms with Crippen LogP contribution in [-0.4, -0.2) is 60.2 Å². The van der Waals surface area contributed by atoms with Crippen molar-refractivity contribution in [3.63, 3.8) is 0 Å². The number of nitrogens with two attached hydrogens (primary N) is 1. The molecule has 0 bridgehead atoms. The SMILES string of the molecule is COc1cc2nc(N3CCN(C(=O)c4ccco4)C(C)[C@H]3C)nc(N)c2cc1OC. The normalized spacial score (nSPS) is 19.2. The lowest BCUT2D eigenvalue weighted by molar-refractivity contribution is 0.0600. The van der Waals surface area contributed by atoms with E-state index in [9.17, 15) is 4.79 Å². The molecule has 2 aromatic heterocycles. The molecule has 3 aromatic rings. The number of methoxy groups -OCH3 is 2. The number of furan rings is 1. The first-order chi connectivity index (χ1) is 14.4. The molecule has 0 spiro atoms. The quantitative estimate of drug-likeness (QED) is 0.698. The molecular formula is C21H25N5O4. The van der Waals surface area contributed by atoms with Crippen LogP contribution in [0.3, 0.4) is 0 Å². The molecule has 9 nitrogen and oxygen atoms in total. The van der Waals surface area contributed by atoms with Crippen molar-refractivity contribution < 1.29 is 18.7 Å². The van der Waals surface area contributed by atoms with Crippen LogP contribution in [0.5, 0.6) is 11.5 Å². The number of nitrogens with zero attached hydrogens (tertiary/aromatic N) is 4. The van der Waals surface area contributed by atoms with E-state index in [0.717, 1.165) is 0 Å². The summed E-state index contributed by atoms with van der Waals surface area (Å²) in [5.41, 5.74) is 6.92. The van der Waals surface area contributed by atoms with E-state index in [-0.39, 0.29) is 18.0 Å². The summed E-state index contributed by atoms with van der Waals surface area (Å²) in [4.78, 5) is 25.9. The molecule has 9 heteroatoms. The zero-order valence-corrected chi connectivity index (χ0v) is 17.5. The second-order valence-corrected chi connectivity index (χ2v) is 7.28. The van der Waals surface area contributed by atoms with Gasteiger partial charge in [0.15, 0.2) is 17.3 Å². The van der Waals surface area contributed by atoms with Crippen LogP contribution in [-0.2, 0) is 0 Å². The molecule has 30 heavy (non-hydrogen) atoms. The van der Waals surface area contributed by atoms with E-state index in [1.54, 1.807) is 38.5 Å². The van der Waals surface area contributed by atoms with Gasteiger partial charge in [0.2, 0.25) is 5.95 Å². The Bertz CT molecular complexity index is 1070. The highest BCUT2D eigenvalue weighted by atomic mass is 16.5. The maximum absolute atomic E-state index is 12.8. The lowest BCUT2D eigenvalue weighted by Gasteiger charge is -2.44. The molecule has 4 rings (SSSR count). The first-order valence-electron chi connectivity index (χ1n) is 9.75. The summed E-state index contributed by atoms with van der Waals surface area (Å²) in [6.45, 7) is 5.16. The van der Waals surface area contributed by atoms with Crippen LogP contribution in [0.1, 0.15) is 24.4 Å². The number of anilines is 2. The van der Waals surface area contributed by atoms with Crippen molar-refractivity contribution in [3.05, 3.63) is 36.3 Å². The molecule has 3 heterocycles. The Morgan fingerprint density at radius 3 is 2.53 bits per heavy atom. The molecule has 0 saturated carbocycles. The Morgan fingerprint density at radius 1 is 1.13 bits per heavy atom. The Kier molecular flexibility index (Phi) is 5.11. The maximum Gasteiger partial charge on any atom is 0.289 e. The van der Waals surface area contributed by atoms with Gasteiger partial charge in [-0.25, -0.2) is 4.98 Å². The highest BCUT2D eigenvalue weighted by Crippen LogP contribution is 2.34. The second kappa shape index (κ2) is 7.74. The lowest BCUT2D eigenvalue weighted by atomic mass is 10.0. The number of rotatable bonds is 4. The number of hydrogen-bond donors (Lipinski definition) is 1. The zero-order chi connectivity index (χ0) is 21.4. The molecule has 0 aliphatic carbocycles. The number of amides is 1. The molecular weight excluding hydrogens is 386 g/mol. The van der Waals surface area contributed by atoms with Gasteiger partial charge in [-0.05, 0) is 32.0 Å². The molecule has 2 N–H and O–H groups in total. The smallest absolute Gasteiger partial charge is 0.289 e. The third kappa shape index (κ3) is 3.26. The monoisotopic (exact) mass is 411 g/mol. The van der Waals surface area contributed by atoms with Crippen LogP contribution in [0.15, 0.2) is 34.9 Å². The van der Waals surface area contributed by atoms with Crippen molar-refractivity contribution in [3.8, 4) is 11.5 Å². The van der Waals surface area contributed by atoms with Gasteiger partial charge in [0.1, 0.15) is 5.82 Å². The Labute approximate surface area is 174 Å². The fourth-order valence-electron chi connectivity index (χ4n) is 3.85. The summed E-state index contributed by atoms with van der Waals surface area (Å²) >= 11 is 0. The van der Waals surface area contributed by atoms with E-state index < -0.39 is 0 Å². The third-order valence-corrected chi connectivity index (χ3v) is 5.73. The van der Waals surface area contributed by atoms with Crippen LogP contribution >= 0.6 is 0 Å². The summed E-state index contributed by atoms with van der Waals surface area (Å²) in [6, 6.07) is 6.88. The van der Waals surface area contributed by atoms with Gasteiger partial charge in [-0.1, -0.05) is 0 Å². The summed E-state index contributed by atoms with van der Waals surface area (Å²) in [7, 11) is 3.15. The maximum atomic E-state index is 12.8. The predicted octanol–water partition coefficient (Wildman–Crippen LogP) is 2.56. The van der Waals surface area contributed by atoms with Crippen molar-refractivity contribution in [2.45, 2.75) is 25.9 Å². The number of benzene rings is 1. The standard InChI is InChI=1S/C21H25N5O4/c1-12-13(2)26(8-7-25(12)20(27)16-6-5-9-30-16)21-23-15-11-18(29-4)17(28-3)10-14(15)19(22)24-21/h5-6,9-13H,7-8H2,1-4H3,(H2,22,23,24)/t12?,13-/m1/s1. The van der Waals surface area contributed by atoms with Gasteiger partial charge < -0.3 is 29.4 Å². The van der Waals surface area contributed by atoms with Gasteiger partial charge in [-0.2, -0.15) is 4.98 Å². The minimum absolute atomic E-state index is 0.0188. The Morgan fingerprint density at radius 2 is 1.87 bits per heavy atom. The van der Waals surface area contributed by atoms with Gasteiger partial charge >= 0.3 is 0 Å². The summed E-state index contributed by atoms with van der Waals surface area (Å²) < 4.78 is 16.0. The average Bonchev–Trinajstić information content (AvgIpc) is 3.29. The van der Waals surface area contributed by atoms with Crippen LogP contribution in [0.25, 0.3) is 10.9 Å². The Balaban J connectivity index is 1.65. The average molecular weight is 411 g/mol. The lowest BCUT2D eigenvalue weighted by Crippen LogP contribution is -2.59. The molecule has 2 atom stereocenters. The van der Waals surface area contributed by atoms with Gasteiger partial charge in [0.05, 0.1) is 26.0 Å². The molecule has 1 aromatic carbocycles. The van der Waals surface area contributed by atoms with Crippen LogP contribution < -0.4 is 20.1 Å². The Hall–Kier alpha value is -3.49. The number of fused-ring (bicyclic) bond motifs is 1. The zero-order valence-electron chi connectivity index (χ0n) is 17.5. The van der Waals surface area contributed by atoms with E-state index in [1.165, 1.54) is 6.26 Å². The molecule has 1 unspecified atom stereocenters. The third-order valence-electron chi connectivity index (χ3n) is 5.73. The van der Waals surface area contributed by atoms with E-state index in [0.29, 0.717) is 53.0 Å². The molecule has 1 aliphatic rings. The minimum atomic E-state index is -0.116. The molecule has 1 fully saturated rings. The largest absolute Gasteiger partial charge is 0.493 e. The van der Waals surface area contributed by atoms with Gasteiger partial charge in [-0.15, -0.1) is 0 Å². The predicted molar refractivity (Wildman–Crippen MR) is 113 cm³/mol. The number of aromatic nitrogens is 2. The van der Waals surface area contributed by atoms with E-state index in [1.807, 2.05) is 18.7 Å². The second-order valence-electron chi connectivity index (χ2n) is 7.28. The van der Waals surface area contributed by atoms with Crippen molar-refractivity contribution >= 4 is 28.6 Å². The number of hydrogen-bond acceptors (Lipinski definition) is 8. The molecule has 1 aliphatic heterocycles. The first-order valence-corrected chi connectivity index (χ1v) is 9.75. The highest BCUT2D eigenvalue weighted by Gasteiger charge is 2.36. The first kappa shape index (κ1) is 19.8. The van der Waals surface area contributed by atoms with Gasteiger partial charge in [0.25, 0.3) is 5.91 Å². The van der Waals surface area contributed by atoms with E-state index in [4.69, 9.17) is 24.6 Å². The number of carbonyl (C=O) groups excluding carboxylic acids is 1.